The van der Waals surface area contributed by atoms with Gasteiger partial charge < -0.3 is 5.32 Å². The first-order valence-corrected chi connectivity index (χ1v) is 7.09. The highest BCUT2D eigenvalue weighted by Gasteiger charge is 2.09. The molecule has 3 nitrogen and oxygen atoms in total. The van der Waals surface area contributed by atoms with Gasteiger partial charge in [-0.05, 0) is 36.0 Å². The monoisotopic (exact) mass is 281 g/mol. The summed E-state index contributed by atoms with van der Waals surface area (Å²) in [5.74, 6) is 0.766. The van der Waals surface area contributed by atoms with Gasteiger partial charge in [0.15, 0.2) is 0 Å². The van der Waals surface area contributed by atoms with E-state index < -0.39 is 0 Å². The van der Waals surface area contributed by atoms with E-state index in [9.17, 15) is 0 Å². The van der Waals surface area contributed by atoms with Crippen molar-refractivity contribution in [2.24, 2.45) is 0 Å². The van der Waals surface area contributed by atoms with E-state index in [1.54, 1.807) is 22.7 Å². The van der Waals surface area contributed by atoms with Crippen LogP contribution in [0.25, 0.3) is 10.2 Å². The summed E-state index contributed by atoms with van der Waals surface area (Å²) >= 11 is 9.18. The molecular formula is C11H8ClN3S2. The molecule has 0 amide bonds. The maximum absolute atomic E-state index is 5.92. The molecule has 6 heteroatoms. The van der Waals surface area contributed by atoms with Crippen LogP contribution in [0.2, 0.25) is 5.28 Å². The molecule has 0 aliphatic heterocycles. The molecule has 0 saturated heterocycles. The lowest BCUT2D eigenvalue weighted by molar-refractivity contribution is 1.23. The molecule has 0 spiro atoms. The number of aromatic nitrogens is 2. The molecule has 0 bridgehead atoms. The number of nitrogens with zero attached hydrogens (tertiary/aromatic N) is 2. The van der Waals surface area contributed by atoms with E-state index in [0.717, 1.165) is 21.7 Å². The van der Waals surface area contributed by atoms with Gasteiger partial charge >= 0.3 is 0 Å². The van der Waals surface area contributed by atoms with Gasteiger partial charge in [-0.15, -0.1) is 11.3 Å². The van der Waals surface area contributed by atoms with Crippen molar-refractivity contribution in [3.8, 4) is 0 Å². The normalized spacial score (nSPS) is 10.9. The third-order valence-electron chi connectivity index (χ3n) is 2.27. The van der Waals surface area contributed by atoms with Gasteiger partial charge in [0, 0.05) is 10.3 Å². The third-order valence-corrected chi connectivity index (χ3v) is 4.07. The van der Waals surface area contributed by atoms with E-state index in [-0.39, 0.29) is 5.28 Å². The van der Waals surface area contributed by atoms with E-state index in [1.165, 1.54) is 4.88 Å². The standard InChI is InChI=1S/C11H8ClN3S2/c1-6-4-8-9(13-7-2-3-16-5-7)14-11(12)15-10(8)17-6/h2-5H,1H3,(H,13,14,15). The first-order valence-electron chi connectivity index (χ1n) is 4.95. The van der Waals surface area contributed by atoms with Crippen LogP contribution in [0.1, 0.15) is 4.88 Å². The quantitative estimate of drug-likeness (QED) is 0.705. The van der Waals surface area contributed by atoms with Gasteiger partial charge in [-0.2, -0.15) is 16.3 Å². The zero-order chi connectivity index (χ0) is 11.8. The molecule has 0 saturated carbocycles. The fourth-order valence-corrected chi connectivity index (χ4v) is 3.27. The summed E-state index contributed by atoms with van der Waals surface area (Å²) in [5.41, 5.74) is 1.02. The van der Waals surface area contributed by atoms with Crippen molar-refractivity contribution in [3.63, 3.8) is 0 Å². The Kier molecular flexibility index (Phi) is 2.74. The minimum Gasteiger partial charge on any atom is -0.339 e. The Morgan fingerprint density at radius 2 is 2.24 bits per heavy atom. The first kappa shape index (κ1) is 11.0. The van der Waals surface area contributed by atoms with Gasteiger partial charge in [-0.3, -0.25) is 0 Å². The topological polar surface area (TPSA) is 37.8 Å². The van der Waals surface area contributed by atoms with Crippen molar-refractivity contribution in [2.45, 2.75) is 6.92 Å². The molecule has 3 rings (SSSR count). The Bertz CT molecular complexity index is 661. The van der Waals surface area contributed by atoms with Gasteiger partial charge in [0.05, 0.1) is 11.1 Å². The number of hydrogen-bond acceptors (Lipinski definition) is 5. The highest BCUT2D eigenvalue weighted by atomic mass is 35.5. The number of anilines is 2. The molecule has 0 unspecified atom stereocenters. The van der Waals surface area contributed by atoms with Gasteiger partial charge in [-0.1, -0.05) is 0 Å². The molecule has 17 heavy (non-hydrogen) atoms. The molecule has 86 valence electrons. The molecule has 0 aromatic carbocycles. The maximum Gasteiger partial charge on any atom is 0.225 e. The smallest absolute Gasteiger partial charge is 0.225 e. The summed E-state index contributed by atoms with van der Waals surface area (Å²) < 4.78 is 0. The highest BCUT2D eigenvalue weighted by Crippen LogP contribution is 2.31. The molecule has 0 atom stereocenters. The van der Waals surface area contributed by atoms with Gasteiger partial charge in [0.1, 0.15) is 10.6 Å². The van der Waals surface area contributed by atoms with Crippen LogP contribution in [0, 0.1) is 6.92 Å². The minimum atomic E-state index is 0.275. The van der Waals surface area contributed by atoms with Crippen molar-refractivity contribution in [1.29, 1.82) is 0 Å². The number of nitrogens with one attached hydrogen (secondary N) is 1. The predicted octanol–water partition coefficient (Wildman–Crippen LogP) is 4.46. The minimum absolute atomic E-state index is 0.275. The van der Waals surface area contributed by atoms with Gasteiger partial charge in [0.2, 0.25) is 5.28 Å². The van der Waals surface area contributed by atoms with E-state index in [1.807, 2.05) is 16.8 Å². The Morgan fingerprint density at radius 1 is 1.35 bits per heavy atom. The molecule has 0 fully saturated rings. The van der Waals surface area contributed by atoms with Crippen LogP contribution in [0.5, 0.6) is 0 Å². The summed E-state index contributed by atoms with van der Waals surface area (Å²) in [4.78, 5) is 10.6. The number of hydrogen-bond donors (Lipinski definition) is 1. The Balaban J connectivity index is 2.14. The second-order valence-corrected chi connectivity index (χ2v) is 5.91. The van der Waals surface area contributed by atoms with Crippen molar-refractivity contribution >= 4 is 56.0 Å². The average molecular weight is 282 g/mol. The molecule has 3 aromatic rings. The van der Waals surface area contributed by atoms with Crippen LogP contribution in [-0.2, 0) is 0 Å². The Morgan fingerprint density at radius 3 is 3.00 bits per heavy atom. The number of thiophene rings is 2. The fourth-order valence-electron chi connectivity index (χ4n) is 1.58. The third kappa shape index (κ3) is 2.13. The average Bonchev–Trinajstić information content (AvgIpc) is 2.86. The zero-order valence-corrected chi connectivity index (χ0v) is 11.3. The van der Waals surface area contributed by atoms with Crippen molar-refractivity contribution in [3.05, 3.63) is 33.1 Å². The summed E-state index contributed by atoms with van der Waals surface area (Å²) in [5, 5.41) is 8.60. The lowest BCUT2D eigenvalue weighted by Crippen LogP contribution is -1.94. The molecular weight excluding hydrogens is 274 g/mol. The van der Waals surface area contributed by atoms with Gasteiger partial charge in [-0.25, -0.2) is 4.98 Å². The second kappa shape index (κ2) is 4.25. The van der Waals surface area contributed by atoms with E-state index in [2.05, 4.69) is 28.3 Å². The SMILES string of the molecule is Cc1cc2c(Nc3ccsc3)nc(Cl)nc2s1. The molecule has 3 heterocycles. The largest absolute Gasteiger partial charge is 0.339 e. The molecule has 0 aliphatic carbocycles. The van der Waals surface area contributed by atoms with Crippen LogP contribution >= 0.6 is 34.3 Å². The predicted molar refractivity (Wildman–Crippen MR) is 74.8 cm³/mol. The summed E-state index contributed by atoms with van der Waals surface area (Å²) in [7, 11) is 0. The summed E-state index contributed by atoms with van der Waals surface area (Å²) in [6.45, 7) is 2.05. The van der Waals surface area contributed by atoms with Crippen molar-refractivity contribution in [2.75, 3.05) is 5.32 Å². The first-order chi connectivity index (χ1) is 8.22. The Hall–Kier alpha value is -1.17. The van der Waals surface area contributed by atoms with Gasteiger partial charge in [0.25, 0.3) is 0 Å². The number of fused-ring (bicyclic) bond motifs is 1. The van der Waals surface area contributed by atoms with Crippen LogP contribution in [0.15, 0.2) is 22.9 Å². The van der Waals surface area contributed by atoms with Crippen LogP contribution < -0.4 is 5.32 Å². The lowest BCUT2D eigenvalue weighted by Gasteiger charge is -2.04. The van der Waals surface area contributed by atoms with E-state index in [4.69, 9.17) is 11.6 Å². The zero-order valence-electron chi connectivity index (χ0n) is 8.90. The van der Waals surface area contributed by atoms with Crippen LogP contribution in [0.3, 0.4) is 0 Å². The van der Waals surface area contributed by atoms with Crippen molar-refractivity contribution < 1.29 is 0 Å². The summed E-state index contributed by atoms with van der Waals surface area (Å²) in [6, 6.07) is 4.08. The van der Waals surface area contributed by atoms with E-state index in [0.29, 0.717) is 0 Å². The second-order valence-electron chi connectivity index (χ2n) is 3.55. The highest BCUT2D eigenvalue weighted by molar-refractivity contribution is 7.18. The fraction of sp³-hybridized carbons (Fsp3) is 0.0909. The molecule has 0 radical (unpaired) electrons. The van der Waals surface area contributed by atoms with E-state index >= 15 is 0 Å². The molecule has 3 aromatic heterocycles. The maximum atomic E-state index is 5.92. The summed E-state index contributed by atoms with van der Waals surface area (Å²) in [6.07, 6.45) is 0. The van der Waals surface area contributed by atoms with Crippen LogP contribution in [0.4, 0.5) is 11.5 Å². The molecule has 0 aliphatic rings. The number of rotatable bonds is 2. The number of halogens is 1. The molecule has 1 N–H and O–H groups in total. The lowest BCUT2D eigenvalue weighted by atomic mass is 10.3. The van der Waals surface area contributed by atoms with Crippen molar-refractivity contribution in [1.82, 2.24) is 9.97 Å². The number of aryl methyl sites for hydroxylation is 1. The Labute approximate surface area is 111 Å². The van der Waals surface area contributed by atoms with Crippen LogP contribution in [-0.4, -0.2) is 9.97 Å².